The molecule has 1 heterocycles. The van der Waals surface area contributed by atoms with Crippen molar-refractivity contribution in [2.24, 2.45) is 16.7 Å². The van der Waals surface area contributed by atoms with Crippen LogP contribution in [0.4, 0.5) is 0 Å². The highest BCUT2D eigenvalue weighted by Gasteiger charge is 2.68. The number of rotatable bonds is 0. The monoisotopic (exact) mass is 226 g/mol. The topological polar surface area (TPSA) is 9.23 Å². The molecule has 1 aromatic carbocycles. The molecule has 1 saturated heterocycles. The van der Waals surface area contributed by atoms with Gasteiger partial charge in [0, 0.05) is 11.3 Å². The largest absolute Gasteiger partial charge is 0.380 e. The lowest BCUT2D eigenvalue weighted by Crippen LogP contribution is -2.59. The zero-order valence-corrected chi connectivity index (χ0v) is 10.4. The number of fused-ring (bicyclic) bond motifs is 2. The van der Waals surface area contributed by atoms with E-state index < -0.39 is 0 Å². The van der Waals surface area contributed by atoms with E-state index in [9.17, 15) is 0 Å². The molecule has 1 aliphatic heterocycles. The lowest BCUT2D eigenvalue weighted by atomic mass is 9.38. The molecule has 1 nitrogen and oxygen atoms in total. The molecule has 1 aromatic rings. The molecule has 0 amide bonds. The van der Waals surface area contributed by atoms with E-state index in [1.54, 1.807) is 0 Å². The van der Waals surface area contributed by atoms with Crippen LogP contribution in [0, 0.1) is 16.7 Å². The summed E-state index contributed by atoms with van der Waals surface area (Å²) in [6, 6.07) is 8.85. The van der Waals surface area contributed by atoms with Crippen molar-refractivity contribution in [3.8, 4) is 0 Å². The molecule has 3 atom stereocenters. The second kappa shape index (κ2) is 2.84. The average molecular weight is 226 g/mol. The van der Waals surface area contributed by atoms with Crippen LogP contribution in [0.15, 0.2) is 30.3 Å². The second-order valence-electron chi connectivity index (χ2n) is 6.40. The standard InChI is InChI=1S/C16H18O/c1-15(2)13-9-17-10-16(13)8-7-11-5-3-4-6-12(11)14(15)16/h3-8,13-14H,9-10H2,1-2H3. The molecule has 1 saturated carbocycles. The highest BCUT2D eigenvalue weighted by atomic mass is 16.5. The highest BCUT2D eigenvalue weighted by molar-refractivity contribution is 5.62. The molecule has 1 heteroatoms. The molecule has 4 rings (SSSR count). The van der Waals surface area contributed by atoms with E-state index >= 15 is 0 Å². The summed E-state index contributed by atoms with van der Waals surface area (Å²) in [7, 11) is 0. The number of hydrogen-bond acceptors (Lipinski definition) is 1. The zero-order valence-electron chi connectivity index (χ0n) is 10.4. The van der Waals surface area contributed by atoms with E-state index in [4.69, 9.17) is 4.74 Å². The fourth-order valence-corrected chi connectivity index (χ4v) is 4.72. The van der Waals surface area contributed by atoms with Gasteiger partial charge in [-0.15, -0.1) is 0 Å². The van der Waals surface area contributed by atoms with Crippen LogP contribution in [0.1, 0.15) is 30.9 Å². The summed E-state index contributed by atoms with van der Waals surface area (Å²) in [5.41, 5.74) is 3.61. The fourth-order valence-electron chi connectivity index (χ4n) is 4.72. The van der Waals surface area contributed by atoms with Crippen molar-refractivity contribution < 1.29 is 4.74 Å². The predicted molar refractivity (Wildman–Crippen MR) is 68.7 cm³/mol. The smallest absolute Gasteiger partial charge is 0.0567 e. The van der Waals surface area contributed by atoms with Crippen LogP contribution >= 0.6 is 0 Å². The van der Waals surface area contributed by atoms with E-state index in [-0.39, 0.29) is 0 Å². The van der Waals surface area contributed by atoms with Crippen molar-refractivity contribution in [1.29, 1.82) is 0 Å². The molecule has 2 aliphatic carbocycles. The molecule has 2 fully saturated rings. The van der Waals surface area contributed by atoms with E-state index in [1.165, 1.54) is 11.1 Å². The van der Waals surface area contributed by atoms with Gasteiger partial charge < -0.3 is 4.74 Å². The van der Waals surface area contributed by atoms with Crippen LogP contribution in [0.2, 0.25) is 0 Å². The van der Waals surface area contributed by atoms with E-state index in [2.05, 4.69) is 50.3 Å². The summed E-state index contributed by atoms with van der Waals surface area (Å²) >= 11 is 0. The Kier molecular flexibility index (Phi) is 1.65. The minimum Gasteiger partial charge on any atom is -0.380 e. The van der Waals surface area contributed by atoms with Gasteiger partial charge in [0.2, 0.25) is 0 Å². The van der Waals surface area contributed by atoms with Gasteiger partial charge in [-0.2, -0.15) is 0 Å². The van der Waals surface area contributed by atoms with Crippen molar-refractivity contribution in [1.82, 2.24) is 0 Å². The Balaban J connectivity index is 1.93. The molecule has 3 aliphatic rings. The Labute approximate surface area is 102 Å². The van der Waals surface area contributed by atoms with Crippen molar-refractivity contribution in [3.63, 3.8) is 0 Å². The van der Waals surface area contributed by atoms with Crippen molar-refractivity contribution in [2.45, 2.75) is 19.8 Å². The van der Waals surface area contributed by atoms with Crippen LogP contribution in [0.3, 0.4) is 0 Å². The fraction of sp³-hybridized carbons (Fsp3) is 0.500. The van der Waals surface area contributed by atoms with E-state index in [0.717, 1.165) is 13.2 Å². The Bertz CT molecular complexity index is 514. The van der Waals surface area contributed by atoms with Gasteiger partial charge >= 0.3 is 0 Å². The highest BCUT2D eigenvalue weighted by Crippen LogP contribution is 2.72. The van der Waals surface area contributed by atoms with Crippen LogP contribution in [0.5, 0.6) is 0 Å². The molecular weight excluding hydrogens is 208 g/mol. The molecule has 3 unspecified atom stereocenters. The maximum absolute atomic E-state index is 5.79. The van der Waals surface area contributed by atoms with Crippen LogP contribution in [0.25, 0.3) is 6.08 Å². The quantitative estimate of drug-likeness (QED) is 0.658. The van der Waals surface area contributed by atoms with Gasteiger partial charge in [0.25, 0.3) is 0 Å². The first-order valence-electron chi connectivity index (χ1n) is 6.52. The lowest BCUT2D eigenvalue weighted by molar-refractivity contribution is -0.0685. The third kappa shape index (κ3) is 0.961. The SMILES string of the molecule is CC1(C)C2COCC23C=Cc2ccccc2C13. The maximum atomic E-state index is 5.79. The summed E-state index contributed by atoms with van der Waals surface area (Å²) < 4.78 is 5.79. The molecule has 0 radical (unpaired) electrons. The van der Waals surface area contributed by atoms with Crippen molar-refractivity contribution in [2.75, 3.05) is 13.2 Å². The van der Waals surface area contributed by atoms with Crippen LogP contribution in [-0.2, 0) is 4.74 Å². The minimum absolute atomic E-state index is 0.303. The molecule has 0 N–H and O–H groups in total. The number of benzene rings is 1. The maximum Gasteiger partial charge on any atom is 0.0567 e. The molecule has 1 spiro atoms. The Hall–Kier alpha value is -1.08. The first-order chi connectivity index (χ1) is 8.16. The van der Waals surface area contributed by atoms with Crippen LogP contribution in [-0.4, -0.2) is 13.2 Å². The van der Waals surface area contributed by atoms with Gasteiger partial charge in [-0.1, -0.05) is 50.3 Å². The summed E-state index contributed by atoms with van der Waals surface area (Å²) in [5.74, 6) is 1.34. The third-order valence-corrected chi connectivity index (χ3v) is 5.35. The minimum atomic E-state index is 0.303. The predicted octanol–water partition coefficient (Wildman–Crippen LogP) is 3.47. The summed E-state index contributed by atoms with van der Waals surface area (Å²) in [6.45, 7) is 6.67. The van der Waals surface area contributed by atoms with Gasteiger partial charge in [-0.3, -0.25) is 0 Å². The molecule has 88 valence electrons. The van der Waals surface area contributed by atoms with Crippen LogP contribution < -0.4 is 0 Å². The first kappa shape index (κ1) is 9.90. The van der Waals surface area contributed by atoms with Gasteiger partial charge in [0.05, 0.1) is 13.2 Å². The van der Waals surface area contributed by atoms with Crippen molar-refractivity contribution >= 4 is 6.08 Å². The van der Waals surface area contributed by atoms with E-state index in [0.29, 0.717) is 22.7 Å². The van der Waals surface area contributed by atoms with Gasteiger partial charge in [-0.05, 0) is 22.5 Å². The number of hydrogen-bond donors (Lipinski definition) is 0. The average Bonchev–Trinajstić information content (AvgIpc) is 2.69. The first-order valence-corrected chi connectivity index (χ1v) is 6.52. The summed E-state index contributed by atoms with van der Waals surface area (Å²) in [6.07, 6.45) is 4.74. The third-order valence-electron chi connectivity index (χ3n) is 5.35. The normalized spacial score (nSPS) is 40.1. The second-order valence-corrected chi connectivity index (χ2v) is 6.40. The van der Waals surface area contributed by atoms with E-state index in [1.807, 2.05) is 0 Å². The van der Waals surface area contributed by atoms with Gasteiger partial charge in [0.15, 0.2) is 0 Å². The molecule has 0 aromatic heterocycles. The zero-order chi connectivity index (χ0) is 11.7. The Morgan fingerprint density at radius 1 is 1.24 bits per heavy atom. The summed E-state index contributed by atoms with van der Waals surface area (Å²) in [5, 5.41) is 0. The number of ether oxygens (including phenoxy) is 1. The molecular formula is C16H18O. The molecule has 17 heavy (non-hydrogen) atoms. The van der Waals surface area contributed by atoms with Crippen molar-refractivity contribution in [3.05, 3.63) is 41.5 Å². The lowest BCUT2D eigenvalue weighted by Gasteiger charge is -2.63. The van der Waals surface area contributed by atoms with Gasteiger partial charge in [0.1, 0.15) is 0 Å². The summed E-state index contributed by atoms with van der Waals surface area (Å²) in [4.78, 5) is 0. The Morgan fingerprint density at radius 3 is 2.94 bits per heavy atom. The van der Waals surface area contributed by atoms with Gasteiger partial charge in [-0.25, -0.2) is 0 Å². The molecule has 0 bridgehead atoms. The Morgan fingerprint density at radius 2 is 2.06 bits per heavy atom.